The molecule has 0 N–H and O–H groups in total. The van der Waals surface area contributed by atoms with Crippen LogP contribution in [0.5, 0.6) is 0 Å². The third-order valence-corrected chi connectivity index (χ3v) is 3.74. The molecule has 4 nitrogen and oxygen atoms in total. The lowest BCUT2D eigenvalue weighted by Crippen LogP contribution is -2.28. The number of rotatable bonds is 6. The molecule has 0 radical (unpaired) electrons. The first-order valence-corrected chi connectivity index (χ1v) is 6.96. The summed E-state index contributed by atoms with van der Waals surface area (Å²) in [4.78, 5) is 24.9. The molecule has 1 aromatic carbocycles. The fourth-order valence-corrected chi connectivity index (χ4v) is 2.62. The summed E-state index contributed by atoms with van der Waals surface area (Å²) in [6, 6.07) is 7.69. The second kappa shape index (κ2) is 6.66. The van der Waals surface area contributed by atoms with Crippen LogP contribution in [0.1, 0.15) is 29.3 Å². The molecule has 1 aliphatic rings. The van der Waals surface area contributed by atoms with E-state index < -0.39 is 0 Å². The molecule has 108 valence electrons. The average molecular weight is 275 g/mol. The van der Waals surface area contributed by atoms with E-state index in [1.54, 1.807) is 14.0 Å². The Hall–Kier alpha value is -1.68. The van der Waals surface area contributed by atoms with Crippen LogP contribution in [0.2, 0.25) is 0 Å². The maximum atomic E-state index is 11.8. The molecule has 1 aliphatic heterocycles. The Morgan fingerprint density at radius 3 is 2.65 bits per heavy atom. The first-order chi connectivity index (χ1) is 9.60. The molecule has 1 atom stereocenters. The van der Waals surface area contributed by atoms with E-state index in [0.717, 1.165) is 18.5 Å². The molecule has 1 saturated heterocycles. The quantitative estimate of drug-likeness (QED) is 0.745. The zero-order chi connectivity index (χ0) is 14.5. The Bertz CT molecular complexity index is 481. The smallest absolute Gasteiger partial charge is 0.223 e. The van der Waals surface area contributed by atoms with Gasteiger partial charge in [0, 0.05) is 32.2 Å². The Kier molecular flexibility index (Phi) is 4.90. The lowest BCUT2D eigenvalue weighted by Gasteiger charge is -2.16. The van der Waals surface area contributed by atoms with Crippen LogP contribution in [-0.2, 0) is 16.0 Å². The third-order valence-electron chi connectivity index (χ3n) is 3.74. The third kappa shape index (κ3) is 3.67. The lowest BCUT2D eigenvalue weighted by molar-refractivity contribution is -0.128. The summed E-state index contributed by atoms with van der Waals surface area (Å²) in [6.45, 7) is 3.63. The molecule has 0 saturated carbocycles. The zero-order valence-electron chi connectivity index (χ0n) is 12.1. The number of ether oxygens (including phenoxy) is 1. The van der Waals surface area contributed by atoms with Crippen molar-refractivity contribution in [3.8, 4) is 0 Å². The van der Waals surface area contributed by atoms with Crippen LogP contribution in [0, 0.1) is 5.92 Å². The van der Waals surface area contributed by atoms with E-state index in [1.165, 1.54) is 5.56 Å². The number of likely N-dealkylation sites (tertiary alicyclic amines) is 1. The maximum Gasteiger partial charge on any atom is 0.223 e. The van der Waals surface area contributed by atoms with Gasteiger partial charge >= 0.3 is 0 Å². The van der Waals surface area contributed by atoms with Crippen LogP contribution in [-0.4, -0.2) is 43.4 Å². The molecule has 0 aromatic heterocycles. The van der Waals surface area contributed by atoms with Crippen molar-refractivity contribution < 1.29 is 14.3 Å². The number of amides is 1. The number of hydrogen-bond donors (Lipinski definition) is 0. The van der Waals surface area contributed by atoms with Gasteiger partial charge in [-0.15, -0.1) is 0 Å². The Morgan fingerprint density at radius 1 is 1.35 bits per heavy atom. The minimum absolute atomic E-state index is 0.0818. The van der Waals surface area contributed by atoms with Gasteiger partial charge in [-0.2, -0.15) is 0 Å². The number of carbonyl (C=O) groups excluding carboxylic acids is 2. The summed E-state index contributed by atoms with van der Waals surface area (Å²) < 4.78 is 5.02. The monoisotopic (exact) mass is 275 g/mol. The van der Waals surface area contributed by atoms with Crippen molar-refractivity contribution in [1.82, 2.24) is 4.90 Å². The molecule has 1 heterocycles. The van der Waals surface area contributed by atoms with Gasteiger partial charge in [0.2, 0.25) is 5.91 Å². The van der Waals surface area contributed by atoms with E-state index in [-0.39, 0.29) is 11.7 Å². The summed E-state index contributed by atoms with van der Waals surface area (Å²) >= 11 is 0. The van der Waals surface area contributed by atoms with Crippen molar-refractivity contribution in [2.75, 3.05) is 26.8 Å². The molecule has 0 unspecified atom stereocenters. The van der Waals surface area contributed by atoms with Gasteiger partial charge in [0.1, 0.15) is 0 Å². The molecule has 0 spiro atoms. The van der Waals surface area contributed by atoms with Crippen LogP contribution >= 0.6 is 0 Å². The fraction of sp³-hybridized carbons (Fsp3) is 0.500. The van der Waals surface area contributed by atoms with Gasteiger partial charge in [0.25, 0.3) is 0 Å². The standard InChI is InChI=1S/C16H21NO3/c1-12(18)15-5-3-13(4-6-15)9-14-10-16(19)17(11-14)7-8-20-2/h3-6,14H,7-11H2,1-2H3/t14-/m0/s1. The SMILES string of the molecule is COCCN1C[C@@H](Cc2ccc(C(C)=O)cc2)CC1=O. The van der Waals surface area contributed by atoms with Gasteiger partial charge < -0.3 is 9.64 Å². The van der Waals surface area contributed by atoms with Crippen molar-refractivity contribution in [3.05, 3.63) is 35.4 Å². The van der Waals surface area contributed by atoms with Crippen molar-refractivity contribution in [1.29, 1.82) is 0 Å². The van der Waals surface area contributed by atoms with Gasteiger partial charge in [-0.3, -0.25) is 9.59 Å². The van der Waals surface area contributed by atoms with Gasteiger partial charge in [-0.25, -0.2) is 0 Å². The predicted molar refractivity (Wildman–Crippen MR) is 76.7 cm³/mol. The fourth-order valence-electron chi connectivity index (χ4n) is 2.62. The minimum Gasteiger partial charge on any atom is -0.383 e. The van der Waals surface area contributed by atoms with Crippen molar-refractivity contribution in [3.63, 3.8) is 0 Å². The highest BCUT2D eigenvalue weighted by atomic mass is 16.5. The highest BCUT2D eigenvalue weighted by molar-refractivity contribution is 5.94. The molecule has 0 aliphatic carbocycles. The summed E-state index contributed by atoms with van der Waals surface area (Å²) in [5.41, 5.74) is 1.92. The molecular weight excluding hydrogens is 254 g/mol. The zero-order valence-corrected chi connectivity index (χ0v) is 12.1. The molecule has 2 rings (SSSR count). The average Bonchev–Trinajstić information content (AvgIpc) is 2.77. The van der Waals surface area contributed by atoms with Gasteiger partial charge in [-0.1, -0.05) is 24.3 Å². The number of Topliss-reactive ketones (excluding diaryl/α,β-unsaturated/α-hetero) is 1. The molecule has 20 heavy (non-hydrogen) atoms. The summed E-state index contributed by atoms with van der Waals surface area (Å²) in [7, 11) is 1.65. The summed E-state index contributed by atoms with van der Waals surface area (Å²) in [6.07, 6.45) is 1.49. The normalized spacial score (nSPS) is 18.6. The number of hydrogen-bond acceptors (Lipinski definition) is 3. The first kappa shape index (κ1) is 14.7. The Morgan fingerprint density at radius 2 is 2.05 bits per heavy atom. The highest BCUT2D eigenvalue weighted by Crippen LogP contribution is 2.22. The Balaban J connectivity index is 1.91. The van der Waals surface area contributed by atoms with Crippen molar-refractivity contribution in [2.24, 2.45) is 5.92 Å². The largest absolute Gasteiger partial charge is 0.383 e. The van der Waals surface area contributed by atoms with Crippen molar-refractivity contribution in [2.45, 2.75) is 19.8 Å². The van der Waals surface area contributed by atoms with Crippen LogP contribution < -0.4 is 0 Å². The van der Waals surface area contributed by atoms with Crippen LogP contribution in [0.15, 0.2) is 24.3 Å². The number of benzene rings is 1. The number of carbonyl (C=O) groups is 2. The van der Waals surface area contributed by atoms with Crippen LogP contribution in [0.4, 0.5) is 0 Å². The summed E-state index contributed by atoms with van der Waals surface area (Å²) in [5.74, 6) is 0.660. The van der Waals surface area contributed by atoms with Gasteiger partial charge in [-0.05, 0) is 24.8 Å². The van der Waals surface area contributed by atoms with E-state index >= 15 is 0 Å². The molecular formula is C16H21NO3. The number of nitrogens with zero attached hydrogens (tertiary/aromatic N) is 1. The van der Waals surface area contributed by atoms with Gasteiger partial charge in [0.05, 0.1) is 6.61 Å². The molecule has 0 bridgehead atoms. The Labute approximate surface area is 119 Å². The van der Waals surface area contributed by atoms with E-state index in [9.17, 15) is 9.59 Å². The molecule has 4 heteroatoms. The predicted octanol–water partition coefficient (Wildman–Crippen LogP) is 1.93. The second-order valence-electron chi connectivity index (χ2n) is 5.36. The minimum atomic E-state index is 0.0818. The topological polar surface area (TPSA) is 46.6 Å². The van der Waals surface area contributed by atoms with Crippen LogP contribution in [0.25, 0.3) is 0 Å². The van der Waals surface area contributed by atoms with E-state index in [0.29, 0.717) is 25.5 Å². The molecule has 1 aromatic rings. The number of ketones is 1. The lowest BCUT2D eigenvalue weighted by atomic mass is 9.97. The second-order valence-corrected chi connectivity index (χ2v) is 5.36. The number of methoxy groups -OCH3 is 1. The van der Waals surface area contributed by atoms with E-state index in [4.69, 9.17) is 4.74 Å². The van der Waals surface area contributed by atoms with Gasteiger partial charge in [0.15, 0.2) is 5.78 Å². The molecule has 1 amide bonds. The van der Waals surface area contributed by atoms with E-state index in [1.807, 2.05) is 29.2 Å². The summed E-state index contributed by atoms with van der Waals surface area (Å²) in [5, 5.41) is 0. The van der Waals surface area contributed by atoms with E-state index in [2.05, 4.69) is 0 Å². The maximum absolute atomic E-state index is 11.8. The highest BCUT2D eigenvalue weighted by Gasteiger charge is 2.29. The van der Waals surface area contributed by atoms with Crippen LogP contribution in [0.3, 0.4) is 0 Å². The molecule has 1 fully saturated rings. The van der Waals surface area contributed by atoms with Crippen molar-refractivity contribution >= 4 is 11.7 Å². The first-order valence-electron chi connectivity index (χ1n) is 6.96.